The first-order chi connectivity index (χ1) is 21.0. The number of rotatable bonds is 9. The first-order valence-electron chi connectivity index (χ1n) is 15.4. The van der Waals surface area contributed by atoms with E-state index in [1.54, 1.807) is 0 Å². The van der Waals surface area contributed by atoms with Gasteiger partial charge in [-0.2, -0.15) is 0 Å². The zero-order chi connectivity index (χ0) is 29.6. The van der Waals surface area contributed by atoms with Crippen LogP contribution in [0.5, 0.6) is 0 Å². The minimum atomic E-state index is -1.61. The van der Waals surface area contributed by atoms with Crippen molar-refractivity contribution in [2.24, 2.45) is 0 Å². The summed E-state index contributed by atoms with van der Waals surface area (Å²) >= 11 is 0. The first-order valence-corrected chi connectivity index (χ1v) is 19.0. The van der Waals surface area contributed by atoms with E-state index in [9.17, 15) is 0 Å². The van der Waals surface area contributed by atoms with Crippen molar-refractivity contribution < 1.29 is 0 Å². The van der Waals surface area contributed by atoms with Gasteiger partial charge in [-0.25, -0.2) is 0 Å². The Kier molecular flexibility index (Phi) is 8.54. The third-order valence-corrected chi connectivity index (χ3v) is 11.0. The molecule has 1 heteroatoms. The Morgan fingerprint density at radius 1 is 0.279 bits per heavy atom. The molecule has 6 aromatic carbocycles. The van der Waals surface area contributed by atoms with Crippen molar-refractivity contribution >= 4 is 8.07 Å². The maximum atomic E-state index is 2.49. The second kappa shape index (κ2) is 12.8. The van der Waals surface area contributed by atoms with Crippen LogP contribution in [0.15, 0.2) is 170 Å². The van der Waals surface area contributed by atoms with Gasteiger partial charge >= 0.3 is 0 Å². The largest absolute Gasteiger partial charge is 0.0688 e. The maximum absolute atomic E-state index is 2.49. The van der Waals surface area contributed by atoms with Gasteiger partial charge in [-0.15, -0.1) is 0 Å². The molecular weight excluding hydrogens is 533 g/mol. The highest BCUT2D eigenvalue weighted by Crippen LogP contribution is 2.38. The predicted octanol–water partition coefficient (Wildman–Crippen LogP) is 11.1. The molecule has 0 amide bonds. The number of hydrogen-bond acceptors (Lipinski definition) is 0. The van der Waals surface area contributed by atoms with Crippen LogP contribution < -0.4 is 0 Å². The lowest BCUT2D eigenvalue weighted by atomic mass is 9.84. The van der Waals surface area contributed by atoms with E-state index < -0.39 is 8.07 Å². The lowest BCUT2D eigenvalue weighted by molar-refractivity contribution is 0.964. The monoisotopic (exact) mass is 572 g/mol. The predicted molar refractivity (Wildman–Crippen MR) is 186 cm³/mol. The molecule has 212 valence electrons. The molecule has 0 spiro atoms. The molecule has 6 aromatic rings. The smallest absolute Gasteiger partial charge is 0.0573 e. The molecule has 0 aliphatic carbocycles. The number of hydrogen-bond donors (Lipinski definition) is 0. The van der Waals surface area contributed by atoms with Crippen molar-refractivity contribution in [3.05, 3.63) is 214 Å². The highest BCUT2D eigenvalue weighted by atomic mass is 28.3. The van der Waals surface area contributed by atoms with Gasteiger partial charge in [-0.3, -0.25) is 0 Å². The third kappa shape index (κ3) is 6.48. The van der Waals surface area contributed by atoms with E-state index in [4.69, 9.17) is 0 Å². The molecule has 0 bridgehead atoms. The SMILES string of the molecule is C[Si](C)(C)C(c1ccc(C(c2ccccc2)c2ccccc2)cc1)c1ccc(C(c2ccccc2)c2ccccc2)cc1. The van der Waals surface area contributed by atoms with Crippen LogP contribution in [0.2, 0.25) is 19.6 Å². The summed E-state index contributed by atoms with van der Waals surface area (Å²) in [4.78, 5) is 0. The fraction of sp³-hybridized carbons (Fsp3) is 0.143. The second-order valence-corrected chi connectivity index (χ2v) is 18.0. The van der Waals surface area contributed by atoms with Gasteiger partial charge in [0.15, 0.2) is 0 Å². The van der Waals surface area contributed by atoms with Gasteiger partial charge in [0.25, 0.3) is 0 Å². The van der Waals surface area contributed by atoms with Crippen LogP contribution in [-0.4, -0.2) is 8.07 Å². The quantitative estimate of drug-likeness (QED) is 0.119. The van der Waals surface area contributed by atoms with E-state index in [0.717, 1.165) is 0 Å². The average molecular weight is 573 g/mol. The third-order valence-electron chi connectivity index (χ3n) is 8.60. The molecule has 0 unspecified atom stereocenters. The topological polar surface area (TPSA) is 0 Å². The van der Waals surface area contributed by atoms with E-state index in [1.807, 2.05) is 0 Å². The van der Waals surface area contributed by atoms with Crippen LogP contribution in [0.25, 0.3) is 0 Å². The lowest BCUT2D eigenvalue weighted by Gasteiger charge is -2.31. The van der Waals surface area contributed by atoms with Gasteiger partial charge in [-0.05, 0) is 44.5 Å². The van der Waals surface area contributed by atoms with E-state index in [1.165, 1.54) is 44.5 Å². The summed E-state index contributed by atoms with van der Waals surface area (Å²) < 4.78 is 0. The lowest BCUT2D eigenvalue weighted by Crippen LogP contribution is -2.32. The molecule has 43 heavy (non-hydrogen) atoms. The minimum absolute atomic E-state index is 0.217. The molecular formula is C42H40Si. The normalized spacial score (nSPS) is 11.8. The Labute approximate surface area is 258 Å². The van der Waals surface area contributed by atoms with E-state index >= 15 is 0 Å². The molecule has 0 saturated heterocycles. The molecule has 0 aromatic heterocycles. The van der Waals surface area contributed by atoms with Crippen LogP contribution in [-0.2, 0) is 0 Å². The highest BCUT2D eigenvalue weighted by Gasteiger charge is 2.30. The fourth-order valence-corrected chi connectivity index (χ4v) is 9.08. The summed E-state index contributed by atoms with van der Waals surface area (Å²) in [5.74, 6) is 0.433. The van der Waals surface area contributed by atoms with Crippen LogP contribution in [0.1, 0.15) is 61.9 Å². The number of benzene rings is 6. The summed E-state index contributed by atoms with van der Waals surface area (Å²) in [5, 5.41) is 0. The van der Waals surface area contributed by atoms with E-state index in [0.29, 0.717) is 5.54 Å². The molecule has 0 aliphatic heterocycles. The molecule has 6 rings (SSSR count). The van der Waals surface area contributed by atoms with Crippen molar-refractivity contribution in [3.8, 4) is 0 Å². The Balaban J connectivity index is 1.35. The molecule has 0 heterocycles. The summed E-state index contributed by atoms with van der Waals surface area (Å²) in [7, 11) is -1.61. The van der Waals surface area contributed by atoms with Gasteiger partial charge in [0.05, 0.1) is 8.07 Å². The fourth-order valence-electron chi connectivity index (χ4n) is 6.69. The Morgan fingerprint density at radius 2 is 0.488 bits per heavy atom. The van der Waals surface area contributed by atoms with Gasteiger partial charge in [0.1, 0.15) is 0 Å². The Morgan fingerprint density at radius 3 is 0.721 bits per heavy atom. The first kappa shape index (κ1) is 28.6. The molecule has 0 radical (unpaired) electrons. The zero-order valence-corrected chi connectivity index (χ0v) is 26.4. The summed E-state index contributed by atoms with van der Waals surface area (Å²) in [6.07, 6.45) is 0. The summed E-state index contributed by atoms with van der Waals surface area (Å²) in [6, 6.07) is 62.5. The standard InChI is InChI=1S/C42H40Si/c1-43(2,3)42(38-28-24-36(25-29-38)40(32-16-8-4-9-17-32)33-18-10-5-11-19-33)39-30-26-37(27-31-39)41(34-20-12-6-13-21-34)35-22-14-7-15-23-35/h4-31,40-42H,1-3H3. The van der Waals surface area contributed by atoms with Crippen LogP contribution in [0, 0.1) is 0 Å². The second-order valence-electron chi connectivity index (χ2n) is 12.6. The molecule has 0 fully saturated rings. The highest BCUT2D eigenvalue weighted by molar-refractivity contribution is 6.78. The van der Waals surface area contributed by atoms with Crippen molar-refractivity contribution in [2.75, 3.05) is 0 Å². The average Bonchev–Trinajstić information content (AvgIpc) is 3.04. The van der Waals surface area contributed by atoms with Crippen LogP contribution in [0.4, 0.5) is 0 Å². The maximum Gasteiger partial charge on any atom is 0.0573 e. The summed E-state index contributed by atoms with van der Waals surface area (Å²) in [6.45, 7) is 7.48. The van der Waals surface area contributed by atoms with Crippen molar-refractivity contribution in [2.45, 2.75) is 37.0 Å². The van der Waals surface area contributed by atoms with E-state index in [-0.39, 0.29) is 11.8 Å². The van der Waals surface area contributed by atoms with Crippen LogP contribution in [0.3, 0.4) is 0 Å². The molecule has 0 saturated carbocycles. The van der Waals surface area contributed by atoms with Gasteiger partial charge in [0.2, 0.25) is 0 Å². The van der Waals surface area contributed by atoms with Crippen molar-refractivity contribution in [3.63, 3.8) is 0 Å². The molecule has 0 atom stereocenters. The Hall–Kier alpha value is -4.46. The summed E-state index contributed by atoms with van der Waals surface area (Å²) in [5.41, 5.74) is 11.2. The van der Waals surface area contributed by atoms with Crippen molar-refractivity contribution in [1.29, 1.82) is 0 Å². The molecule has 0 aliphatic rings. The zero-order valence-electron chi connectivity index (χ0n) is 25.4. The molecule has 0 nitrogen and oxygen atoms in total. The Bertz CT molecular complexity index is 1500. The van der Waals surface area contributed by atoms with Gasteiger partial charge in [-0.1, -0.05) is 189 Å². The van der Waals surface area contributed by atoms with Crippen LogP contribution >= 0.6 is 0 Å². The van der Waals surface area contributed by atoms with Gasteiger partial charge < -0.3 is 0 Å². The molecule has 0 N–H and O–H groups in total. The minimum Gasteiger partial charge on any atom is -0.0688 e. The van der Waals surface area contributed by atoms with Gasteiger partial charge in [0, 0.05) is 17.4 Å². The van der Waals surface area contributed by atoms with Crippen molar-refractivity contribution in [1.82, 2.24) is 0 Å². The van der Waals surface area contributed by atoms with E-state index in [2.05, 4.69) is 189 Å².